The fourth-order valence-electron chi connectivity index (χ4n) is 3.76. The van der Waals surface area contributed by atoms with Gasteiger partial charge in [0.2, 0.25) is 0 Å². The number of rotatable bonds is 18. The molecular formula is C25H54N2O6. The zero-order valence-corrected chi connectivity index (χ0v) is 22.2. The summed E-state index contributed by atoms with van der Waals surface area (Å²) in [4.78, 5) is 2.53. The van der Waals surface area contributed by atoms with Crippen LogP contribution in [0.4, 0.5) is 0 Å². The molecule has 33 heavy (non-hydrogen) atoms. The maximum absolute atomic E-state index is 9.66. The number of methoxy groups -OCH3 is 1. The van der Waals surface area contributed by atoms with Gasteiger partial charge in [0.15, 0.2) is 0 Å². The zero-order valence-electron chi connectivity index (χ0n) is 22.2. The van der Waals surface area contributed by atoms with Crippen LogP contribution in [0.3, 0.4) is 0 Å². The normalized spacial score (nSPS) is 20.5. The molecule has 8 nitrogen and oxygen atoms in total. The number of nitrogens with one attached hydrogen (secondary N) is 1. The molecule has 1 heterocycles. The minimum atomic E-state index is -0.107. The molecule has 0 aromatic rings. The molecule has 1 saturated carbocycles. The van der Waals surface area contributed by atoms with E-state index in [1.807, 2.05) is 27.7 Å². The summed E-state index contributed by atoms with van der Waals surface area (Å²) in [6, 6.07) is 0.523. The van der Waals surface area contributed by atoms with Crippen LogP contribution in [0.1, 0.15) is 53.4 Å². The molecule has 8 heteroatoms. The van der Waals surface area contributed by atoms with Gasteiger partial charge in [-0.2, -0.15) is 0 Å². The standard InChI is InChI=1S/C21H42N2O6.2C2H6/c1-25-8-9-27-12-13-29-15-14-28-11-10-26-7-6-23(20-16-21(24)17-20)18-19-2-4-22-5-3-19;2*1-2/h19-22,24H,2-18H2,1H3;2*1-2H3. The predicted octanol–water partition coefficient (Wildman–Crippen LogP) is 2.58. The molecule has 0 atom stereocenters. The number of hydrogen-bond donors (Lipinski definition) is 2. The van der Waals surface area contributed by atoms with Crippen molar-refractivity contribution < 1.29 is 28.8 Å². The Balaban J connectivity index is 0.00000242. The van der Waals surface area contributed by atoms with Crippen LogP contribution in [0, 0.1) is 5.92 Å². The zero-order chi connectivity index (χ0) is 24.6. The van der Waals surface area contributed by atoms with Gasteiger partial charge in [-0.3, -0.25) is 4.90 Å². The summed E-state index contributed by atoms with van der Waals surface area (Å²) in [5.74, 6) is 0.766. The van der Waals surface area contributed by atoms with Gasteiger partial charge in [0.1, 0.15) is 0 Å². The second-order valence-corrected chi connectivity index (χ2v) is 7.91. The number of ether oxygens (including phenoxy) is 5. The third-order valence-electron chi connectivity index (χ3n) is 5.63. The number of aliphatic hydroxyl groups excluding tert-OH is 1. The summed E-state index contributed by atoms with van der Waals surface area (Å²) in [7, 11) is 1.66. The fraction of sp³-hybridized carbons (Fsp3) is 1.00. The first-order valence-electron chi connectivity index (χ1n) is 13.2. The Labute approximate surface area is 203 Å². The van der Waals surface area contributed by atoms with E-state index in [1.165, 1.54) is 12.8 Å². The Kier molecular flexibility index (Phi) is 24.6. The molecule has 0 amide bonds. The molecule has 0 spiro atoms. The number of aliphatic hydroxyl groups is 1. The van der Waals surface area contributed by atoms with Gasteiger partial charge in [0, 0.05) is 26.2 Å². The molecule has 0 aromatic heterocycles. The Morgan fingerprint density at radius 3 is 1.64 bits per heavy atom. The van der Waals surface area contributed by atoms with Crippen LogP contribution >= 0.6 is 0 Å². The molecule has 0 unspecified atom stereocenters. The van der Waals surface area contributed by atoms with Crippen molar-refractivity contribution in [1.82, 2.24) is 10.2 Å². The average Bonchev–Trinajstić information content (AvgIpc) is 2.85. The maximum Gasteiger partial charge on any atom is 0.0701 e. The molecule has 2 N–H and O–H groups in total. The Morgan fingerprint density at radius 2 is 1.18 bits per heavy atom. The lowest BCUT2D eigenvalue weighted by Crippen LogP contribution is -2.50. The van der Waals surface area contributed by atoms with Gasteiger partial charge < -0.3 is 34.1 Å². The molecule has 1 saturated heterocycles. The van der Waals surface area contributed by atoms with E-state index in [9.17, 15) is 5.11 Å². The molecule has 0 bridgehead atoms. The molecule has 2 fully saturated rings. The van der Waals surface area contributed by atoms with Gasteiger partial charge in [-0.1, -0.05) is 27.7 Å². The number of nitrogens with zero attached hydrogens (tertiary/aromatic N) is 1. The summed E-state index contributed by atoms with van der Waals surface area (Å²) >= 11 is 0. The van der Waals surface area contributed by atoms with Crippen LogP contribution in [0.5, 0.6) is 0 Å². The van der Waals surface area contributed by atoms with Crippen molar-refractivity contribution in [1.29, 1.82) is 0 Å². The van der Waals surface area contributed by atoms with Gasteiger partial charge in [-0.05, 0) is 44.7 Å². The van der Waals surface area contributed by atoms with Gasteiger partial charge >= 0.3 is 0 Å². The van der Waals surface area contributed by atoms with Gasteiger partial charge in [-0.15, -0.1) is 0 Å². The highest BCUT2D eigenvalue weighted by molar-refractivity contribution is 4.88. The van der Waals surface area contributed by atoms with Gasteiger partial charge in [0.25, 0.3) is 0 Å². The van der Waals surface area contributed by atoms with Crippen LogP contribution in [-0.2, 0) is 23.7 Å². The van der Waals surface area contributed by atoms with Gasteiger partial charge in [0.05, 0.1) is 65.6 Å². The molecular weight excluding hydrogens is 424 g/mol. The smallest absolute Gasteiger partial charge is 0.0701 e. The molecule has 1 aliphatic heterocycles. The summed E-state index contributed by atoms with van der Waals surface area (Å²) < 4.78 is 27.0. The van der Waals surface area contributed by atoms with Crippen molar-refractivity contribution in [3.63, 3.8) is 0 Å². The van der Waals surface area contributed by atoms with Crippen molar-refractivity contribution in [2.24, 2.45) is 5.92 Å². The highest BCUT2D eigenvalue weighted by Crippen LogP contribution is 2.27. The van der Waals surface area contributed by atoms with E-state index in [0.717, 1.165) is 51.5 Å². The first-order chi connectivity index (χ1) is 16.3. The monoisotopic (exact) mass is 478 g/mol. The minimum Gasteiger partial charge on any atom is -0.393 e. The highest BCUT2D eigenvalue weighted by atomic mass is 16.6. The van der Waals surface area contributed by atoms with Crippen LogP contribution in [-0.4, -0.2) is 115 Å². The molecule has 2 rings (SSSR count). The van der Waals surface area contributed by atoms with E-state index in [4.69, 9.17) is 23.7 Å². The summed E-state index contributed by atoms with van der Waals surface area (Å²) in [5, 5.41) is 13.1. The lowest BCUT2D eigenvalue weighted by atomic mass is 9.86. The minimum absolute atomic E-state index is 0.107. The average molecular weight is 479 g/mol. The van der Waals surface area contributed by atoms with Crippen molar-refractivity contribution >= 4 is 0 Å². The van der Waals surface area contributed by atoms with Gasteiger partial charge in [-0.25, -0.2) is 0 Å². The first-order valence-corrected chi connectivity index (χ1v) is 13.2. The Morgan fingerprint density at radius 1 is 0.727 bits per heavy atom. The van der Waals surface area contributed by atoms with E-state index in [1.54, 1.807) is 7.11 Å². The number of hydrogen-bond acceptors (Lipinski definition) is 8. The van der Waals surface area contributed by atoms with Crippen molar-refractivity contribution in [3.8, 4) is 0 Å². The summed E-state index contributed by atoms with van der Waals surface area (Å²) in [6.45, 7) is 17.8. The second-order valence-electron chi connectivity index (χ2n) is 7.91. The fourth-order valence-corrected chi connectivity index (χ4v) is 3.76. The number of piperidine rings is 1. The van der Waals surface area contributed by atoms with Crippen LogP contribution < -0.4 is 5.32 Å². The third kappa shape index (κ3) is 17.7. The summed E-state index contributed by atoms with van der Waals surface area (Å²) in [6.07, 6.45) is 4.21. The lowest BCUT2D eigenvalue weighted by molar-refractivity contribution is -0.0280. The second kappa shape index (κ2) is 24.8. The van der Waals surface area contributed by atoms with Crippen molar-refractivity contribution in [3.05, 3.63) is 0 Å². The Hall–Kier alpha value is -0.320. The quantitative estimate of drug-likeness (QED) is 0.291. The molecule has 0 radical (unpaired) electrons. The van der Waals surface area contributed by atoms with E-state index in [2.05, 4.69) is 10.2 Å². The van der Waals surface area contributed by atoms with Crippen LogP contribution in [0.2, 0.25) is 0 Å². The molecule has 0 aromatic carbocycles. The lowest BCUT2D eigenvalue weighted by Gasteiger charge is -2.42. The maximum atomic E-state index is 9.66. The van der Waals surface area contributed by atoms with Crippen LogP contribution in [0.15, 0.2) is 0 Å². The largest absolute Gasteiger partial charge is 0.393 e. The predicted molar refractivity (Wildman–Crippen MR) is 134 cm³/mol. The van der Waals surface area contributed by atoms with Crippen molar-refractivity contribution in [2.45, 2.75) is 65.5 Å². The SMILES string of the molecule is CC.CC.COCCOCCOCCOCCOCCN(CC1CCNCC1)C1CC(O)C1. The van der Waals surface area contributed by atoms with E-state index in [0.29, 0.717) is 58.9 Å². The summed E-state index contributed by atoms with van der Waals surface area (Å²) in [5.41, 5.74) is 0. The highest BCUT2D eigenvalue weighted by Gasteiger charge is 2.33. The van der Waals surface area contributed by atoms with Crippen molar-refractivity contribution in [2.75, 3.05) is 92.8 Å². The molecule has 1 aliphatic carbocycles. The molecule has 200 valence electrons. The topological polar surface area (TPSA) is 81.7 Å². The first kappa shape index (κ1) is 32.7. The Bertz CT molecular complexity index is 380. The van der Waals surface area contributed by atoms with E-state index >= 15 is 0 Å². The molecule has 2 aliphatic rings. The van der Waals surface area contributed by atoms with Crippen LogP contribution in [0.25, 0.3) is 0 Å². The van der Waals surface area contributed by atoms with E-state index < -0.39 is 0 Å². The third-order valence-corrected chi connectivity index (χ3v) is 5.63. The van der Waals surface area contributed by atoms with E-state index in [-0.39, 0.29) is 6.10 Å².